The molecule has 1 aliphatic rings. The average Bonchev–Trinajstić information content (AvgIpc) is 3.19. The molecule has 2 aromatic carbocycles. The molecule has 0 bridgehead atoms. The largest absolute Gasteiger partial charge is 0.473 e. The minimum absolute atomic E-state index is 0.526. The lowest BCUT2D eigenvalue weighted by molar-refractivity contribution is 0.294. The lowest BCUT2D eigenvalue weighted by Crippen LogP contribution is -2.24. The zero-order chi connectivity index (χ0) is 16.9. The van der Waals surface area contributed by atoms with E-state index in [9.17, 15) is 0 Å². The Hall–Kier alpha value is -3.27. The first-order chi connectivity index (χ1) is 12.4. The number of anilines is 2. The van der Waals surface area contributed by atoms with Gasteiger partial charge in [0.1, 0.15) is 6.61 Å². The molecular formula is C21H19N3O. The van der Waals surface area contributed by atoms with Gasteiger partial charge in [-0.15, -0.1) is 0 Å². The number of rotatable bonds is 5. The first kappa shape index (κ1) is 15.3. The van der Waals surface area contributed by atoms with Crippen LogP contribution in [-0.2, 0) is 6.61 Å². The number of hydrogen-bond acceptors (Lipinski definition) is 4. The van der Waals surface area contributed by atoms with Gasteiger partial charge in [-0.1, -0.05) is 48.5 Å². The smallest absolute Gasteiger partial charge is 0.213 e. The molecule has 0 aliphatic carbocycles. The number of aromatic nitrogens is 1. The molecular weight excluding hydrogens is 310 g/mol. The number of para-hydroxylation sites is 1. The SMILES string of the molecule is C1=CN(c2ccc(OCc3ccccc3)nc2)CN1c1ccccc1. The summed E-state index contributed by atoms with van der Waals surface area (Å²) in [5, 5.41) is 0. The van der Waals surface area contributed by atoms with E-state index in [4.69, 9.17) is 4.74 Å². The molecule has 0 radical (unpaired) electrons. The van der Waals surface area contributed by atoms with Crippen molar-refractivity contribution >= 4 is 11.4 Å². The highest BCUT2D eigenvalue weighted by molar-refractivity contribution is 5.58. The van der Waals surface area contributed by atoms with Crippen molar-refractivity contribution in [2.45, 2.75) is 6.61 Å². The summed E-state index contributed by atoms with van der Waals surface area (Å²) >= 11 is 0. The van der Waals surface area contributed by atoms with E-state index < -0.39 is 0 Å². The fourth-order valence-corrected chi connectivity index (χ4v) is 2.73. The van der Waals surface area contributed by atoms with Gasteiger partial charge in [-0.3, -0.25) is 0 Å². The summed E-state index contributed by atoms with van der Waals surface area (Å²) in [6, 6.07) is 24.4. The van der Waals surface area contributed by atoms with Gasteiger partial charge >= 0.3 is 0 Å². The van der Waals surface area contributed by atoms with Gasteiger partial charge in [-0.2, -0.15) is 0 Å². The highest BCUT2D eigenvalue weighted by Crippen LogP contribution is 2.24. The minimum Gasteiger partial charge on any atom is -0.473 e. The van der Waals surface area contributed by atoms with Crippen molar-refractivity contribution in [1.82, 2.24) is 4.98 Å². The Balaban J connectivity index is 1.37. The van der Waals surface area contributed by atoms with Crippen molar-refractivity contribution in [3.63, 3.8) is 0 Å². The quantitative estimate of drug-likeness (QED) is 0.693. The number of pyridine rings is 1. The third-order valence-electron chi connectivity index (χ3n) is 4.10. The summed E-state index contributed by atoms with van der Waals surface area (Å²) in [4.78, 5) is 8.77. The maximum absolute atomic E-state index is 5.74. The minimum atomic E-state index is 0.526. The highest BCUT2D eigenvalue weighted by atomic mass is 16.5. The third-order valence-corrected chi connectivity index (χ3v) is 4.10. The Morgan fingerprint density at radius 1 is 0.760 bits per heavy atom. The number of nitrogens with zero attached hydrogens (tertiary/aromatic N) is 3. The van der Waals surface area contributed by atoms with Crippen LogP contribution in [0.25, 0.3) is 0 Å². The summed E-state index contributed by atoms with van der Waals surface area (Å²) in [6.07, 6.45) is 5.99. The molecule has 0 atom stereocenters. The van der Waals surface area contributed by atoms with Crippen molar-refractivity contribution < 1.29 is 4.74 Å². The van der Waals surface area contributed by atoms with Crippen LogP contribution in [0.1, 0.15) is 5.56 Å². The molecule has 124 valence electrons. The van der Waals surface area contributed by atoms with Gasteiger partial charge in [0.15, 0.2) is 0 Å². The number of benzene rings is 2. The lowest BCUT2D eigenvalue weighted by atomic mass is 10.2. The Bertz CT molecular complexity index is 832. The summed E-state index contributed by atoms with van der Waals surface area (Å²) in [5.41, 5.74) is 3.35. The van der Waals surface area contributed by atoms with Crippen LogP contribution in [0.4, 0.5) is 11.4 Å². The van der Waals surface area contributed by atoms with Crippen molar-refractivity contribution in [2.75, 3.05) is 16.5 Å². The van der Waals surface area contributed by atoms with E-state index in [1.165, 1.54) is 5.69 Å². The molecule has 3 aromatic rings. The predicted molar refractivity (Wildman–Crippen MR) is 100 cm³/mol. The van der Waals surface area contributed by atoms with E-state index in [2.05, 4.69) is 39.3 Å². The maximum Gasteiger partial charge on any atom is 0.213 e. The van der Waals surface area contributed by atoms with Gasteiger partial charge in [0.05, 0.1) is 18.6 Å². The van der Waals surface area contributed by atoms with Crippen LogP contribution in [-0.4, -0.2) is 11.7 Å². The predicted octanol–water partition coefficient (Wildman–Crippen LogP) is 4.42. The molecule has 4 nitrogen and oxygen atoms in total. The van der Waals surface area contributed by atoms with Crippen LogP contribution in [0.3, 0.4) is 0 Å². The van der Waals surface area contributed by atoms with Gasteiger partial charge in [-0.05, 0) is 23.8 Å². The Morgan fingerprint density at radius 3 is 2.12 bits per heavy atom. The van der Waals surface area contributed by atoms with Crippen molar-refractivity contribution in [3.8, 4) is 5.88 Å². The number of hydrogen-bond donors (Lipinski definition) is 0. The van der Waals surface area contributed by atoms with Crippen LogP contribution in [0.2, 0.25) is 0 Å². The van der Waals surface area contributed by atoms with E-state index in [-0.39, 0.29) is 0 Å². The maximum atomic E-state index is 5.74. The van der Waals surface area contributed by atoms with Gasteiger partial charge in [0.25, 0.3) is 0 Å². The van der Waals surface area contributed by atoms with Crippen LogP contribution in [0.5, 0.6) is 5.88 Å². The molecule has 2 heterocycles. The standard InChI is InChI=1S/C21H19N3O/c1-3-7-18(8-4-1)16-25-21-12-11-20(15-22-21)24-14-13-23(17-24)19-9-5-2-6-10-19/h1-15H,16-17H2. The van der Waals surface area contributed by atoms with Crippen molar-refractivity contribution in [3.05, 3.63) is 97.0 Å². The molecule has 0 saturated heterocycles. The number of ether oxygens (including phenoxy) is 1. The fraction of sp³-hybridized carbons (Fsp3) is 0.0952. The first-order valence-electron chi connectivity index (χ1n) is 8.28. The summed E-state index contributed by atoms with van der Waals surface area (Å²) in [7, 11) is 0. The second kappa shape index (κ2) is 7.09. The third kappa shape index (κ3) is 3.63. The van der Waals surface area contributed by atoms with E-state index in [0.717, 1.165) is 17.9 Å². The molecule has 0 amide bonds. The van der Waals surface area contributed by atoms with Gasteiger partial charge < -0.3 is 14.5 Å². The van der Waals surface area contributed by atoms with Gasteiger partial charge in [0, 0.05) is 24.2 Å². The van der Waals surface area contributed by atoms with Crippen LogP contribution >= 0.6 is 0 Å². The average molecular weight is 329 g/mol. The molecule has 0 saturated carbocycles. The topological polar surface area (TPSA) is 28.6 Å². The van der Waals surface area contributed by atoms with E-state index >= 15 is 0 Å². The normalized spacial score (nSPS) is 13.3. The first-order valence-corrected chi connectivity index (χ1v) is 8.28. The second-order valence-corrected chi connectivity index (χ2v) is 5.84. The molecule has 4 heteroatoms. The van der Waals surface area contributed by atoms with Crippen LogP contribution in [0, 0.1) is 0 Å². The monoisotopic (exact) mass is 329 g/mol. The Kier molecular flexibility index (Phi) is 4.33. The molecule has 25 heavy (non-hydrogen) atoms. The summed E-state index contributed by atoms with van der Waals surface area (Å²) in [6.45, 7) is 1.30. The summed E-state index contributed by atoms with van der Waals surface area (Å²) in [5.74, 6) is 0.635. The Labute approximate surface area is 147 Å². The van der Waals surface area contributed by atoms with Gasteiger partial charge in [-0.25, -0.2) is 4.98 Å². The fourth-order valence-electron chi connectivity index (χ4n) is 2.73. The zero-order valence-electron chi connectivity index (χ0n) is 13.8. The van der Waals surface area contributed by atoms with Crippen molar-refractivity contribution in [1.29, 1.82) is 0 Å². The molecule has 0 fully saturated rings. The molecule has 1 aromatic heterocycles. The zero-order valence-corrected chi connectivity index (χ0v) is 13.8. The second-order valence-electron chi connectivity index (χ2n) is 5.84. The summed E-state index contributed by atoms with van der Waals surface area (Å²) < 4.78 is 5.74. The van der Waals surface area contributed by atoms with Crippen LogP contribution < -0.4 is 14.5 Å². The molecule has 0 unspecified atom stereocenters. The lowest BCUT2D eigenvalue weighted by Gasteiger charge is -2.21. The van der Waals surface area contributed by atoms with E-state index in [1.807, 2.05) is 66.9 Å². The van der Waals surface area contributed by atoms with Gasteiger partial charge in [0.2, 0.25) is 5.88 Å². The molecule has 1 aliphatic heterocycles. The van der Waals surface area contributed by atoms with E-state index in [1.54, 1.807) is 0 Å². The Morgan fingerprint density at radius 2 is 1.44 bits per heavy atom. The highest BCUT2D eigenvalue weighted by Gasteiger charge is 2.15. The molecule has 0 N–H and O–H groups in total. The van der Waals surface area contributed by atoms with Crippen molar-refractivity contribution in [2.24, 2.45) is 0 Å². The molecule has 4 rings (SSSR count). The molecule has 0 spiro atoms. The van der Waals surface area contributed by atoms with Crippen LogP contribution in [0.15, 0.2) is 91.4 Å². The van der Waals surface area contributed by atoms with E-state index in [0.29, 0.717) is 12.5 Å².